The van der Waals surface area contributed by atoms with Crippen LogP contribution in [0.4, 0.5) is 5.82 Å². The Morgan fingerprint density at radius 1 is 1.18 bits per heavy atom. The monoisotopic (exact) mass is 479 g/mol. The van der Waals surface area contributed by atoms with Gasteiger partial charge in [0, 0.05) is 36.1 Å². The Hall–Kier alpha value is -2.90. The van der Waals surface area contributed by atoms with Gasteiger partial charge in [-0.25, -0.2) is 0 Å². The predicted molar refractivity (Wildman–Crippen MR) is 136 cm³/mol. The standard InChI is InChI=1S/C25H26ClN5OS/c1-16-14-18(26)6-9-20(16)24-22-23(29-30(2)25(22)27-12-13-33-24)21-10-11-28-31(21)15-17-4-7-19(32-3)8-5-17/h4-11,14,24,27H,12-13,15H2,1-3H3. The summed E-state index contributed by atoms with van der Waals surface area (Å²) in [5.41, 5.74) is 6.77. The fourth-order valence-electron chi connectivity index (χ4n) is 4.36. The molecule has 2 aromatic carbocycles. The maximum atomic E-state index is 6.27. The molecule has 0 aliphatic carbocycles. The highest BCUT2D eigenvalue weighted by Gasteiger charge is 2.31. The number of thioether (sulfide) groups is 1. The smallest absolute Gasteiger partial charge is 0.129 e. The van der Waals surface area contributed by atoms with E-state index in [1.807, 2.05) is 64.7 Å². The van der Waals surface area contributed by atoms with E-state index >= 15 is 0 Å². The number of aromatic nitrogens is 4. The number of nitrogens with zero attached hydrogens (tertiary/aromatic N) is 4. The molecule has 0 radical (unpaired) electrons. The second kappa shape index (κ2) is 9.15. The van der Waals surface area contributed by atoms with Crippen molar-refractivity contribution in [3.8, 4) is 17.1 Å². The number of halogens is 1. The van der Waals surface area contributed by atoms with Crippen molar-refractivity contribution < 1.29 is 4.74 Å². The molecule has 170 valence electrons. The van der Waals surface area contributed by atoms with Crippen molar-refractivity contribution in [2.24, 2.45) is 7.05 Å². The zero-order chi connectivity index (χ0) is 22.9. The van der Waals surface area contributed by atoms with E-state index in [4.69, 9.17) is 21.4 Å². The number of fused-ring (bicyclic) bond motifs is 1. The topological polar surface area (TPSA) is 56.9 Å². The second-order valence-corrected chi connectivity index (χ2v) is 9.78. The molecule has 8 heteroatoms. The van der Waals surface area contributed by atoms with Crippen molar-refractivity contribution in [3.05, 3.63) is 82.0 Å². The molecule has 0 saturated carbocycles. The van der Waals surface area contributed by atoms with E-state index in [2.05, 4.69) is 35.5 Å². The van der Waals surface area contributed by atoms with Gasteiger partial charge < -0.3 is 10.1 Å². The predicted octanol–water partition coefficient (Wildman–Crippen LogP) is 5.55. The summed E-state index contributed by atoms with van der Waals surface area (Å²) in [6.07, 6.45) is 1.85. The van der Waals surface area contributed by atoms with Gasteiger partial charge in [-0.1, -0.05) is 29.8 Å². The minimum atomic E-state index is 0.153. The lowest BCUT2D eigenvalue weighted by Crippen LogP contribution is -2.06. The van der Waals surface area contributed by atoms with E-state index in [0.29, 0.717) is 6.54 Å². The normalized spacial score (nSPS) is 15.6. The Bertz CT molecular complexity index is 1280. The van der Waals surface area contributed by atoms with Gasteiger partial charge in [0.2, 0.25) is 0 Å². The largest absolute Gasteiger partial charge is 0.497 e. The summed E-state index contributed by atoms with van der Waals surface area (Å²) >= 11 is 8.20. The lowest BCUT2D eigenvalue weighted by Gasteiger charge is -2.19. The Morgan fingerprint density at radius 2 is 2.00 bits per heavy atom. The number of hydrogen-bond donors (Lipinski definition) is 1. The number of aryl methyl sites for hydroxylation is 2. The minimum Gasteiger partial charge on any atom is -0.497 e. The lowest BCUT2D eigenvalue weighted by molar-refractivity contribution is 0.414. The Morgan fingerprint density at radius 3 is 2.76 bits per heavy atom. The van der Waals surface area contributed by atoms with Crippen LogP contribution in [-0.4, -0.2) is 39.0 Å². The van der Waals surface area contributed by atoms with E-state index in [1.54, 1.807) is 7.11 Å². The number of hydrogen-bond acceptors (Lipinski definition) is 5. The van der Waals surface area contributed by atoms with Crippen LogP contribution in [0.25, 0.3) is 11.4 Å². The summed E-state index contributed by atoms with van der Waals surface area (Å²) in [6, 6.07) is 16.3. The van der Waals surface area contributed by atoms with E-state index in [0.717, 1.165) is 45.8 Å². The van der Waals surface area contributed by atoms with Gasteiger partial charge in [-0.05, 0) is 53.9 Å². The van der Waals surface area contributed by atoms with E-state index < -0.39 is 0 Å². The third-order valence-electron chi connectivity index (χ3n) is 5.99. The van der Waals surface area contributed by atoms with Crippen LogP contribution < -0.4 is 10.1 Å². The average molecular weight is 480 g/mol. The summed E-state index contributed by atoms with van der Waals surface area (Å²) in [4.78, 5) is 0. The van der Waals surface area contributed by atoms with Crippen molar-refractivity contribution in [2.45, 2.75) is 18.7 Å². The number of anilines is 1. The lowest BCUT2D eigenvalue weighted by atomic mass is 9.98. The third kappa shape index (κ3) is 4.23. The van der Waals surface area contributed by atoms with Crippen LogP contribution in [0.15, 0.2) is 54.7 Å². The number of ether oxygens (including phenoxy) is 1. The van der Waals surface area contributed by atoms with Crippen LogP contribution in [0.2, 0.25) is 5.02 Å². The van der Waals surface area contributed by atoms with Crippen LogP contribution in [0.1, 0.15) is 27.5 Å². The molecule has 0 fully saturated rings. The van der Waals surface area contributed by atoms with Gasteiger partial charge in [0.15, 0.2) is 0 Å². The molecule has 0 bridgehead atoms. The van der Waals surface area contributed by atoms with Crippen molar-refractivity contribution in [1.82, 2.24) is 19.6 Å². The molecule has 1 N–H and O–H groups in total. The molecular formula is C25H26ClN5OS. The van der Waals surface area contributed by atoms with Crippen LogP contribution in [0.5, 0.6) is 5.75 Å². The zero-order valence-electron chi connectivity index (χ0n) is 18.9. The van der Waals surface area contributed by atoms with Gasteiger partial charge in [0.05, 0.1) is 24.6 Å². The van der Waals surface area contributed by atoms with E-state index in [-0.39, 0.29) is 5.25 Å². The number of benzene rings is 2. The molecule has 0 spiro atoms. The molecule has 33 heavy (non-hydrogen) atoms. The first-order valence-corrected chi connectivity index (χ1v) is 12.3. The molecule has 0 saturated heterocycles. The molecule has 0 amide bonds. The molecule has 1 unspecified atom stereocenters. The van der Waals surface area contributed by atoms with Crippen LogP contribution in [0.3, 0.4) is 0 Å². The molecule has 1 aliphatic rings. The SMILES string of the molecule is COc1ccc(Cn2nccc2-c2nn(C)c3c2C(c2ccc(Cl)cc2C)SCCN3)cc1. The van der Waals surface area contributed by atoms with Gasteiger partial charge in [0.25, 0.3) is 0 Å². The van der Waals surface area contributed by atoms with Gasteiger partial charge in [-0.3, -0.25) is 9.36 Å². The Balaban J connectivity index is 1.59. The van der Waals surface area contributed by atoms with Gasteiger partial charge in [-0.15, -0.1) is 11.8 Å². The minimum absolute atomic E-state index is 0.153. The molecule has 3 heterocycles. The van der Waals surface area contributed by atoms with Crippen molar-refractivity contribution in [3.63, 3.8) is 0 Å². The highest BCUT2D eigenvalue weighted by molar-refractivity contribution is 7.99. The fraction of sp³-hybridized carbons (Fsp3) is 0.280. The summed E-state index contributed by atoms with van der Waals surface area (Å²) < 4.78 is 9.27. The fourth-order valence-corrected chi connectivity index (χ4v) is 5.88. The highest BCUT2D eigenvalue weighted by Crippen LogP contribution is 2.46. The molecule has 4 aromatic rings. The number of rotatable bonds is 5. The first kappa shape index (κ1) is 21.9. The van der Waals surface area contributed by atoms with E-state index in [1.165, 1.54) is 16.7 Å². The third-order valence-corrected chi connectivity index (χ3v) is 7.49. The van der Waals surface area contributed by atoms with Crippen LogP contribution in [0, 0.1) is 6.92 Å². The quantitative estimate of drug-likeness (QED) is 0.406. The average Bonchev–Trinajstić information content (AvgIpc) is 3.31. The second-order valence-electron chi connectivity index (χ2n) is 8.14. The van der Waals surface area contributed by atoms with Gasteiger partial charge in [0.1, 0.15) is 17.3 Å². The van der Waals surface area contributed by atoms with E-state index in [9.17, 15) is 0 Å². The Kier molecular flexibility index (Phi) is 6.08. The maximum absolute atomic E-state index is 6.27. The maximum Gasteiger partial charge on any atom is 0.129 e. The van der Waals surface area contributed by atoms with Gasteiger partial charge >= 0.3 is 0 Å². The van der Waals surface area contributed by atoms with Crippen molar-refractivity contribution >= 4 is 29.2 Å². The summed E-state index contributed by atoms with van der Waals surface area (Å²) in [7, 11) is 3.68. The van der Waals surface area contributed by atoms with Gasteiger partial charge in [-0.2, -0.15) is 10.2 Å². The van der Waals surface area contributed by atoms with Crippen molar-refractivity contribution in [2.75, 3.05) is 24.7 Å². The summed E-state index contributed by atoms with van der Waals surface area (Å²) in [5, 5.41) is 14.1. The molecule has 1 aliphatic heterocycles. The summed E-state index contributed by atoms with van der Waals surface area (Å²) in [6.45, 7) is 3.68. The van der Waals surface area contributed by atoms with Crippen molar-refractivity contribution in [1.29, 1.82) is 0 Å². The summed E-state index contributed by atoms with van der Waals surface area (Å²) in [5.74, 6) is 2.91. The molecule has 2 aromatic heterocycles. The Labute approximate surface area is 202 Å². The first-order chi connectivity index (χ1) is 16.0. The molecule has 6 nitrogen and oxygen atoms in total. The molecule has 1 atom stereocenters. The van der Waals surface area contributed by atoms with Crippen LogP contribution in [-0.2, 0) is 13.6 Å². The zero-order valence-corrected chi connectivity index (χ0v) is 20.5. The van der Waals surface area contributed by atoms with Crippen LogP contribution >= 0.6 is 23.4 Å². The molecule has 5 rings (SSSR count). The first-order valence-electron chi connectivity index (χ1n) is 10.9. The molecular weight excluding hydrogens is 454 g/mol. The number of nitrogens with one attached hydrogen (secondary N) is 1. The highest BCUT2D eigenvalue weighted by atomic mass is 35.5. The number of methoxy groups -OCH3 is 1.